The molecular formula is C19H22N2O5S. The predicted octanol–water partition coefficient (Wildman–Crippen LogP) is 2.16. The summed E-state index contributed by atoms with van der Waals surface area (Å²) >= 11 is 0. The predicted molar refractivity (Wildman–Crippen MR) is 99.4 cm³/mol. The Kier molecular flexibility index (Phi) is 3.88. The van der Waals surface area contributed by atoms with Crippen molar-refractivity contribution in [1.29, 1.82) is 0 Å². The summed E-state index contributed by atoms with van der Waals surface area (Å²) in [5, 5.41) is 9.68. The quantitative estimate of drug-likeness (QED) is 0.848. The number of aliphatic imine (C=N–C) groups is 1. The molecule has 0 aromatic heterocycles. The van der Waals surface area contributed by atoms with Crippen LogP contribution >= 0.6 is 0 Å². The molecule has 2 saturated carbocycles. The third-order valence-electron chi connectivity index (χ3n) is 6.50. The van der Waals surface area contributed by atoms with Crippen molar-refractivity contribution in [2.75, 3.05) is 6.26 Å². The second-order valence-electron chi connectivity index (χ2n) is 8.26. The Bertz CT molecular complexity index is 982. The molecule has 0 amide bonds. The van der Waals surface area contributed by atoms with Gasteiger partial charge in [0.25, 0.3) is 0 Å². The highest BCUT2D eigenvalue weighted by atomic mass is 32.2. The molecule has 1 N–H and O–H groups in total. The summed E-state index contributed by atoms with van der Waals surface area (Å²) < 4.78 is 26.8. The first-order valence-electron chi connectivity index (χ1n) is 8.98. The lowest BCUT2D eigenvalue weighted by Gasteiger charge is -2.37. The Labute approximate surface area is 158 Å². The molecule has 3 aliphatic rings. The number of hydrogen-bond donors (Lipinski definition) is 1. The summed E-state index contributed by atoms with van der Waals surface area (Å²) in [5.74, 6) is -1.71. The van der Waals surface area contributed by atoms with Gasteiger partial charge in [0.1, 0.15) is 11.8 Å². The molecule has 4 unspecified atom stereocenters. The zero-order valence-electron chi connectivity index (χ0n) is 15.4. The first kappa shape index (κ1) is 18.3. The third kappa shape index (κ3) is 2.50. The number of carbonyl (C=O) groups excluding carboxylic acids is 1. The molecule has 2 bridgehead atoms. The van der Waals surface area contributed by atoms with Crippen molar-refractivity contribution in [1.82, 2.24) is 4.31 Å². The standard InChI is InChI=1S/C19H22N2O5S/c1-19(2)11-8-9-12(19)17(22)16(11)21(27(3,25)26)15-10-6-4-5-7-13(10)20-14(15)18(23)24/h4-7,11-12,15-16H,8-9H2,1-3H3,(H,23,24). The van der Waals surface area contributed by atoms with Crippen molar-refractivity contribution in [3.63, 3.8) is 0 Å². The van der Waals surface area contributed by atoms with E-state index in [-0.39, 0.29) is 28.7 Å². The van der Waals surface area contributed by atoms with Gasteiger partial charge in [0.15, 0.2) is 5.78 Å². The largest absolute Gasteiger partial charge is 0.477 e. The van der Waals surface area contributed by atoms with Crippen molar-refractivity contribution in [3.05, 3.63) is 29.8 Å². The third-order valence-corrected chi connectivity index (χ3v) is 7.70. The molecule has 0 radical (unpaired) electrons. The number of sulfonamides is 1. The summed E-state index contributed by atoms with van der Waals surface area (Å²) in [4.78, 5) is 29.1. The van der Waals surface area contributed by atoms with E-state index in [1.54, 1.807) is 24.3 Å². The van der Waals surface area contributed by atoms with Gasteiger partial charge in [0.2, 0.25) is 10.0 Å². The van der Waals surface area contributed by atoms with Gasteiger partial charge in [-0.25, -0.2) is 18.2 Å². The molecule has 1 aromatic carbocycles. The van der Waals surface area contributed by atoms with Crippen molar-refractivity contribution in [3.8, 4) is 0 Å². The highest BCUT2D eigenvalue weighted by Crippen LogP contribution is 2.58. The lowest BCUT2D eigenvalue weighted by Crippen LogP contribution is -2.51. The SMILES string of the molecule is CC1(C)C2CCC1C(N(C1C(C(=O)O)=Nc3ccccc31)S(C)(=O)=O)C2=O. The molecule has 8 heteroatoms. The molecule has 2 aliphatic carbocycles. The molecule has 0 saturated heterocycles. The molecule has 1 aliphatic heterocycles. The number of hydrogen-bond acceptors (Lipinski definition) is 5. The zero-order chi connectivity index (χ0) is 19.7. The van der Waals surface area contributed by atoms with Crippen LogP contribution in [0.15, 0.2) is 29.3 Å². The molecule has 0 spiro atoms. The minimum Gasteiger partial charge on any atom is -0.477 e. The monoisotopic (exact) mass is 390 g/mol. The average Bonchev–Trinajstić information content (AvgIpc) is 3.13. The minimum absolute atomic E-state index is 0.101. The number of para-hydroxylation sites is 1. The molecule has 144 valence electrons. The first-order valence-corrected chi connectivity index (χ1v) is 10.8. The fourth-order valence-electron chi connectivity index (χ4n) is 5.27. The van der Waals surface area contributed by atoms with Gasteiger partial charge >= 0.3 is 5.97 Å². The molecule has 27 heavy (non-hydrogen) atoms. The molecule has 1 heterocycles. The molecule has 2 fully saturated rings. The number of ketones is 1. The molecule has 1 aromatic rings. The van der Waals surface area contributed by atoms with E-state index in [0.29, 0.717) is 11.3 Å². The summed E-state index contributed by atoms with van der Waals surface area (Å²) in [6.45, 7) is 4.00. The van der Waals surface area contributed by atoms with Crippen LogP contribution in [0.3, 0.4) is 0 Å². The number of aliphatic carboxylic acids is 1. The molecule has 4 rings (SSSR count). The lowest BCUT2D eigenvalue weighted by atomic mass is 9.81. The molecular weight excluding hydrogens is 368 g/mol. The highest BCUT2D eigenvalue weighted by Gasteiger charge is 2.63. The maximum absolute atomic E-state index is 13.1. The number of carbonyl (C=O) groups is 2. The van der Waals surface area contributed by atoms with E-state index >= 15 is 0 Å². The normalized spacial score (nSPS) is 31.3. The maximum atomic E-state index is 13.1. The van der Waals surface area contributed by atoms with Crippen molar-refractivity contribution < 1.29 is 23.1 Å². The Morgan fingerprint density at radius 1 is 1.26 bits per heavy atom. The number of benzene rings is 1. The first-order chi connectivity index (χ1) is 12.5. The maximum Gasteiger partial charge on any atom is 0.352 e. The molecule has 4 atom stereocenters. The lowest BCUT2D eigenvalue weighted by molar-refractivity contribution is -0.130. The number of carboxylic acid groups (broad SMARTS) is 1. The van der Waals surface area contributed by atoms with Crippen LogP contribution in [0.5, 0.6) is 0 Å². The van der Waals surface area contributed by atoms with Crippen molar-refractivity contribution in [2.45, 2.75) is 38.8 Å². The Morgan fingerprint density at radius 2 is 1.93 bits per heavy atom. The van der Waals surface area contributed by atoms with Crippen molar-refractivity contribution in [2.24, 2.45) is 22.2 Å². The van der Waals surface area contributed by atoms with Crippen LogP contribution in [0.25, 0.3) is 0 Å². The zero-order valence-corrected chi connectivity index (χ0v) is 16.2. The van der Waals surface area contributed by atoms with Gasteiger partial charge in [-0.05, 0) is 30.2 Å². The second kappa shape index (κ2) is 5.72. The summed E-state index contributed by atoms with van der Waals surface area (Å²) in [5.41, 5.74) is 0.385. The summed E-state index contributed by atoms with van der Waals surface area (Å²) in [6, 6.07) is 4.85. The van der Waals surface area contributed by atoms with E-state index in [2.05, 4.69) is 4.99 Å². The fraction of sp³-hybridized carbons (Fsp3) is 0.526. The van der Waals surface area contributed by atoms with Gasteiger partial charge in [0, 0.05) is 11.5 Å². The number of carboxylic acids is 1. The van der Waals surface area contributed by atoms with Gasteiger partial charge in [-0.15, -0.1) is 0 Å². The number of nitrogens with zero attached hydrogens (tertiary/aromatic N) is 2. The van der Waals surface area contributed by atoms with Gasteiger partial charge in [-0.1, -0.05) is 32.0 Å². The number of rotatable bonds is 4. The van der Waals surface area contributed by atoms with Crippen LogP contribution in [-0.2, 0) is 19.6 Å². The van der Waals surface area contributed by atoms with Gasteiger partial charge in [-0.2, -0.15) is 4.31 Å². The highest BCUT2D eigenvalue weighted by molar-refractivity contribution is 7.88. The second-order valence-corrected chi connectivity index (χ2v) is 10.1. The van der Waals surface area contributed by atoms with Crippen molar-refractivity contribution >= 4 is 33.2 Å². The van der Waals surface area contributed by atoms with Crippen LogP contribution in [0, 0.1) is 17.3 Å². The van der Waals surface area contributed by atoms with E-state index in [0.717, 1.165) is 23.4 Å². The van der Waals surface area contributed by atoms with E-state index in [1.807, 2.05) is 13.8 Å². The summed E-state index contributed by atoms with van der Waals surface area (Å²) in [7, 11) is -3.88. The Hall–Kier alpha value is -2.06. The van der Waals surface area contributed by atoms with E-state index < -0.39 is 28.1 Å². The number of Topliss-reactive ketones (excluding diaryl/α,β-unsaturated/α-hetero) is 1. The summed E-state index contributed by atoms with van der Waals surface area (Å²) in [6.07, 6.45) is 2.55. The van der Waals surface area contributed by atoms with E-state index in [4.69, 9.17) is 0 Å². The van der Waals surface area contributed by atoms with Crippen LogP contribution in [0.2, 0.25) is 0 Å². The minimum atomic E-state index is -3.88. The Morgan fingerprint density at radius 3 is 2.48 bits per heavy atom. The Balaban J connectivity index is 1.89. The van der Waals surface area contributed by atoms with Gasteiger partial charge in [0.05, 0.1) is 18.0 Å². The molecule has 7 nitrogen and oxygen atoms in total. The fourth-order valence-corrected chi connectivity index (χ4v) is 6.53. The van der Waals surface area contributed by atoms with Gasteiger partial charge in [-0.3, -0.25) is 4.79 Å². The smallest absolute Gasteiger partial charge is 0.352 e. The van der Waals surface area contributed by atoms with Gasteiger partial charge < -0.3 is 5.11 Å². The topological polar surface area (TPSA) is 104 Å². The number of fused-ring (bicyclic) bond motifs is 3. The van der Waals surface area contributed by atoms with E-state index in [9.17, 15) is 23.1 Å². The van der Waals surface area contributed by atoms with Crippen LogP contribution in [0.4, 0.5) is 5.69 Å². The van der Waals surface area contributed by atoms with Crippen LogP contribution in [0.1, 0.15) is 38.3 Å². The van der Waals surface area contributed by atoms with Crippen LogP contribution in [-0.4, -0.2) is 47.6 Å². The van der Waals surface area contributed by atoms with E-state index in [1.165, 1.54) is 0 Å². The average molecular weight is 390 g/mol. The van der Waals surface area contributed by atoms with Crippen LogP contribution < -0.4 is 0 Å².